The number of aryl methyl sites for hydroxylation is 1. The number of aromatic nitrogens is 1. The number of pyridine rings is 1. The minimum atomic E-state index is -3.07. The van der Waals surface area contributed by atoms with Gasteiger partial charge in [0.05, 0.1) is 6.26 Å². The molecule has 0 aromatic carbocycles. The highest BCUT2D eigenvalue weighted by atomic mass is 32.2. The molecule has 0 aliphatic heterocycles. The van der Waals surface area contributed by atoms with Crippen LogP contribution in [-0.4, -0.2) is 32.7 Å². The first-order valence-corrected chi connectivity index (χ1v) is 6.99. The predicted molar refractivity (Wildman–Crippen MR) is 64.9 cm³/mol. The summed E-state index contributed by atoms with van der Waals surface area (Å²) in [4.78, 5) is 4.27. The van der Waals surface area contributed by atoms with E-state index in [-0.39, 0.29) is 0 Å². The molecule has 6 heteroatoms. The first-order chi connectivity index (χ1) is 7.47. The maximum Gasteiger partial charge on any atom is 0.208 e. The van der Waals surface area contributed by atoms with Crippen molar-refractivity contribution in [2.45, 2.75) is 13.3 Å². The van der Waals surface area contributed by atoms with Gasteiger partial charge in [0.15, 0.2) is 0 Å². The summed E-state index contributed by atoms with van der Waals surface area (Å²) >= 11 is 0. The normalized spacial score (nSPS) is 11.4. The van der Waals surface area contributed by atoms with Gasteiger partial charge in [-0.05, 0) is 25.5 Å². The SMILES string of the molecule is Cc1cccc(NCCCNS(C)(=O)=O)n1. The van der Waals surface area contributed by atoms with Gasteiger partial charge >= 0.3 is 0 Å². The number of nitrogens with zero attached hydrogens (tertiary/aromatic N) is 1. The molecule has 0 saturated carbocycles. The van der Waals surface area contributed by atoms with Gasteiger partial charge in [-0.15, -0.1) is 0 Å². The summed E-state index contributed by atoms with van der Waals surface area (Å²) < 4.78 is 24.0. The fraction of sp³-hybridized carbons (Fsp3) is 0.500. The number of rotatable bonds is 6. The van der Waals surface area contributed by atoms with Gasteiger partial charge in [0.1, 0.15) is 5.82 Å². The highest BCUT2D eigenvalue weighted by Crippen LogP contribution is 2.03. The predicted octanol–water partition coefficient (Wildman–Crippen LogP) is 0.741. The van der Waals surface area contributed by atoms with E-state index in [1.54, 1.807) is 0 Å². The molecule has 0 fully saturated rings. The Morgan fingerprint density at radius 1 is 1.31 bits per heavy atom. The summed E-state index contributed by atoms with van der Waals surface area (Å²) in [6.45, 7) is 3.06. The van der Waals surface area contributed by atoms with Crippen molar-refractivity contribution in [3.8, 4) is 0 Å². The van der Waals surface area contributed by atoms with Gasteiger partial charge in [-0.2, -0.15) is 0 Å². The van der Waals surface area contributed by atoms with Crippen LogP contribution in [0.15, 0.2) is 18.2 Å². The molecule has 16 heavy (non-hydrogen) atoms. The summed E-state index contributed by atoms with van der Waals surface area (Å²) in [5.41, 5.74) is 0.958. The summed E-state index contributed by atoms with van der Waals surface area (Å²) in [5.74, 6) is 0.819. The smallest absolute Gasteiger partial charge is 0.208 e. The van der Waals surface area contributed by atoms with E-state index in [9.17, 15) is 8.42 Å². The van der Waals surface area contributed by atoms with E-state index < -0.39 is 10.0 Å². The molecule has 0 spiro atoms. The zero-order valence-electron chi connectivity index (χ0n) is 9.53. The van der Waals surface area contributed by atoms with Gasteiger partial charge in [-0.3, -0.25) is 0 Å². The fourth-order valence-corrected chi connectivity index (χ4v) is 1.72. The summed E-state index contributed by atoms with van der Waals surface area (Å²) in [6.07, 6.45) is 1.88. The van der Waals surface area contributed by atoms with Crippen LogP contribution in [0.2, 0.25) is 0 Å². The average Bonchev–Trinajstić information content (AvgIpc) is 2.15. The first-order valence-electron chi connectivity index (χ1n) is 5.09. The van der Waals surface area contributed by atoms with Gasteiger partial charge in [0.25, 0.3) is 0 Å². The Morgan fingerprint density at radius 3 is 2.69 bits per heavy atom. The molecule has 90 valence electrons. The van der Waals surface area contributed by atoms with Gasteiger partial charge in [-0.25, -0.2) is 18.1 Å². The van der Waals surface area contributed by atoms with Crippen LogP contribution in [0, 0.1) is 6.92 Å². The molecule has 1 rings (SSSR count). The van der Waals surface area contributed by atoms with Crippen LogP contribution in [0.3, 0.4) is 0 Å². The van der Waals surface area contributed by atoms with E-state index >= 15 is 0 Å². The molecule has 5 nitrogen and oxygen atoms in total. The second-order valence-electron chi connectivity index (χ2n) is 3.61. The van der Waals surface area contributed by atoms with Crippen molar-refractivity contribution in [1.29, 1.82) is 0 Å². The lowest BCUT2D eigenvalue weighted by Gasteiger charge is -2.06. The zero-order valence-corrected chi connectivity index (χ0v) is 10.3. The molecule has 0 bridgehead atoms. The van der Waals surface area contributed by atoms with Crippen molar-refractivity contribution in [2.75, 3.05) is 24.7 Å². The quantitative estimate of drug-likeness (QED) is 0.723. The topological polar surface area (TPSA) is 71.1 Å². The van der Waals surface area contributed by atoms with E-state index in [1.165, 1.54) is 0 Å². The van der Waals surface area contributed by atoms with Crippen molar-refractivity contribution in [1.82, 2.24) is 9.71 Å². The lowest BCUT2D eigenvalue weighted by Crippen LogP contribution is -2.24. The second kappa shape index (κ2) is 5.81. The molecule has 1 aromatic rings. The molecule has 0 atom stereocenters. The summed E-state index contributed by atoms with van der Waals surface area (Å²) in [7, 11) is -3.07. The third-order valence-corrected chi connectivity index (χ3v) is 2.64. The van der Waals surface area contributed by atoms with Gasteiger partial charge < -0.3 is 5.32 Å². The fourth-order valence-electron chi connectivity index (χ4n) is 1.20. The third-order valence-electron chi connectivity index (χ3n) is 1.91. The van der Waals surface area contributed by atoms with E-state index in [2.05, 4.69) is 15.0 Å². The third kappa shape index (κ3) is 5.67. The Hall–Kier alpha value is -1.14. The highest BCUT2D eigenvalue weighted by Gasteiger charge is 1.98. The monoisotopic (exact) mass is 243 g/mol. The zero-order chi connectivity index (χ0) is 12.0. The Balaban J connectivity index is 2.21. The molecule has 0 saturated heterocycles. The molecule has 1 aromatic heterocycles. The van der Waals surface area contributed by atoms with Crippen LogP contribution < -0.4 is 10.0 Å². The highest BCUT2D eigenvalue weighted by molar-refractivity contribution is 7.88. The number of hydrogen-bond donors (Lipinski definition) is 2. The molecule has 2 N–H and O–H groups in total. The van der Waals surface area contributed by atoms with Gasteiger partial charge in [0, 0.05) is 18.8 Å². The van der Waals surface area contributed by atoms with E-state index in [4.69, 9.17) is 0 Å². The van der Waals surface area contributed by atoms with Crippen LogP contribution in [0.5, 0.6) is 0 Å². The number of anilines is 1. The Morgan fingerprint density at radius 2 is 2.06 bits per heavy atom. The minimum Gasteiger partial charge on any atom is -0.370 e. The molecule has 0 amide bonds. The van der Waals surface area contributed by atoms with Crippen molar-refractivity contribution in [3.05, 3.63) is 23.9 Å². The van der Waals surface area contributed by atoms with Crippen LogP contribution >= 0.6 is 0 Å². The van der Waals surface area contributed by atoms with E-state index in [0.29, 0.717) is 13.1 Å². The molecule has 0 aliphatic carbocycles. The van der Waals surface area contributed by atoms with E-state index in [0.717, 1.165) is 24.2 Å². The molecule has 0 unspecified atom stereocenters. The molecule has 0 radical (unpaired) electrons. The van der Waals surface area contributed by atoms with Crippen molar-refractivity contribution in [3.63, 3.8) is 0 Å². The maximum atomic E-state index is 10.8. The average molecular weight is 243 g/mol. The number of sulfonamides is 1. The van der Waals surface area contributed by atoms with Crippen molar-refractivity contribution < 1.29 is 8.42 Å². The van der Waals surface area contributed by atoms with Crippen LogP contribution in [-0.2, 0) is 10.0 Å². The Labute approximate surface area is 96.3 Å². The maximum absolute atomic E-state index is 10.8. The lowest BCUT2D eigenvalue weighted by atomic mass is 10.3. The largest absolute Gasteiger partial charge is 0.370 e. The molecular formula is C10H17N3O2S. The van der Waals surface area contributed by atoms with Crippen LogP contribution in [0.25, 0.3) is 0 Å². The molecule has 0 aliphatic rings. The Bertz CT molecular complexity index is 431. The second-order valence-corrected chi connectivity index (χ2v) is 5.44. The Kier molecular flexibility index (Phi) is 4.70. The number of hydrogen-bond acceptors (Lipinski definition) is 4. The first kappa shape index (κ1) is 12.9. The van der Waals surface area contributed by atoms with Crippen molar-refractivity contribution >= 4 is 15.8 Å². The van der Waals surface area contributed by atoms with Gasteiger partial charge in [-0.1, -0.05) is 6.07 Å². The summed E-state index contributed by atoms with van der Waals surface area (Å²) in [5, 5.41) is 3.13. The minimum absolute atomic E-state index is 0.442. The van der Waals surface area contributed by atoms with E-state index in [1.807, 2.05) is 25.1 Å². The number of nitrogens with one attached hydrogen (secondary N) is 2. The van der Waals surface area contributed by atoms with Crippen LogP contribution in [0.1, 0.15) is 12.1 Å². The molecular weight excluding hydrogens is 226 g/mol. The van der Waals surface area contributed by atoms with Gasteiger partial charge in [0.2, 0.25) is 10.0 Å². The standard InChI is InChI=1S/C10H17N3O2S/c1-9-5-3-6-10(13-9)11-7-4-8-12-16(2,14)15/h3,5-6,12H,4,7-8H2,1-2H3,(H,11,13). The van der Waals surface area contributed by atoms with Crippen LogP contribution in [0.4, 0.5) is 5.82 Å². The molecule has 1 heterocycles. The summed E-state index contributed by atoms with van der Waals surface area (Å²) in [6, 6.07) is 5.74. The van der Waals surface area contributed by atoms with Crippen molar-refractivity contribution in [2.24, 2.45) is 0 Å². The lowest BCUT2D eigenvalue weighted by molar-refractivity contribution is 0.586.